The summed E-state index contributed by atoms with van der Waals surface area (Å²) in [5.74, 6) is -0.822. The number of nitrogens with zero attached hydrogens (tertiary/aromatic N) is 1. The lowest BCUT2D eigenvalue weighted by Crippen LogP contribution is -2.46. The van der Waals surface area contributed by atoms with Gasteiger partial charge in [-0.15, -0.1) is 24.2 Å². The van der Waals surface area contributed by atoms with Crippen molar-refractivity contribution < 1.29 is 14.5 Å². The van der Waals surface area contributed by atoms with Gasteiger partial charge in [0.1, 0.15) is 0 Å². The van der Waals surface area contributed by atoms with Gasteiger partial charge in [0.2, 0.25) is 11.8 Å². The minimum Gasteiger partial charge on any atom is -0.366 e. The van der Waals surface area contributed by atoms with Crippen molar-refractivity contribution in [2.24, 2.45) is 5.73 Å². The van der Waals surface area contributed by atoms with Crippen LogP contribution in [0.15, 0.2) is 23.1 Å². The zero-order valence-corrected chi connectivity index (χ0v) is 14.5. The van der Waals surface area contributed by atoms with E-state index in [1.165, 1.54) is 12.1 Å². The zero-order valence-electron chi connectivity index (χ0n) is 12.8. The number of nitro benzene ring substituents is 1. The minimum atomic E-state index is -0.729. The van der Waals surface area contributed by atoms with Crippen LogP contribution >= 0.6 is 24.2 Å². The molecule has 1 unspecified atom stereocenters. The Labute approximate surface area is 149 Å². The molecule has 1 aromatic rings. The second-order valence-electron chi connectivity index (χ2n) is 5.20. The number of halogens is 1. The van der Waals surface area contributed by atoms with Gasteiger partial charge >= 0.3 is 0 Å². The molecule has 8 nitrogen and oxygen atoms in total. The molecule has 0 saturated carbocycles. The lowest BCUT2D eigenvalue weighted by atomic mass is 10.1. The molecule has 132 valence electrons. The highest BCUT2D eigenvalue weighted by atomic mass is 35.5. The predicted molar refractivity (Wildman–Crippen MR) is 93.6 cm³/mol. The first-order valence-electron chi connectivity index (χ1n) is 7.18. The van der Waals surface area contributed by atoms with Gasteiger partial charge in [0, 0.05) is 24.2 Å². The molecule has 1 aromatic carbocycles. The van der Waals surface area contributed by atoms with Gasteiger partial charge in [-0.25, -0.2) is 0 Å². The van der Waals surface area contributed by atoms with Crippen LogP contribution < -0.4 is 16.4 Å². The van der Waals surface area contributed by atoms with Crippen molar-refractivity contribution in [3.8, 4) is 0 Å². The Morgan fingerprint density at radius 1 is 1.46 bits per heavy atom. The van der Waals surface area contributed by atoms with Crippen molar-refractivity contribution in [1.29, 1.82) is 0 Å². The van der Waals surface area contributed by atoms with Crippen LogP contribution in [0.3, 0.4) is 0 Å². The van der Waals surface area contributed by atoms with Gasteiger partial charge in [-0.1, -0.05) is 0 Å². The molecule has 1 aliphatic heterocycles. The maximum atomic E-state index is 11.9. The van der Waals surface area contributed by atoms with Gasteiger partial charge in [-0.2, -0.15) is 0 Å². The third-order valence-electron chi connectivity index (χ3n) is 3.46. The molecule has 2 amide bonds. The topological polar surface area (TPSA) is 127 Å². The molecular formula is C14H19ClN4O4S. The average molecular weight is 375 g/mol. The quantitative estimate of drug-likeness (QED) is 0.388. The van der Waals surface area contributed by atoms with Crippen molar-refractivity contribution in [2.75, 3.05) is 18.8 Å². The molecule has 24 heavy (non-hydrogen) atoms. The van der Waals surface area contributed by atoms with E-state index in [1.807, 2.05) is 0 Å². The highest BCUT2D eigenvalue weighted by Gasteiger charge is 2.19. The summed E-state index contributed by atoms with van der Waals surface area (Å²) < 4.78 is 0. The molecule has 1 atom stereocenters. The van der Waals surface area contributed by atoms with E-state index in [0.29, 0.717) is 4.90 Å². The average Bonchev–Trinajstić information content (AvgIpc) is 2.53. The second-order valence-corrected chi connectivity index (χ2v) is 6.22. The van der Waals surface area contributed by atoms with Crippen LogP contribution in [0.1, 0.15) is 23.2 Å². The number of carbonyl (C=O) groups is 2. The number of nitrogens with one attached hydrogen (secondary N) is 2. The van der Waals surface area contributed by atoms with E-state index in [2.05, 4.69) is 10.6 Å². The number of carbonyl (C=O) groups excluding carboxylic acids is 2. The Balaban J connectivity index is 0.00000288. The van der Waals surface area contributed by atoms with Crippen LogP contribution in [-0.4, -0.2) is 41.6 Å². The number of nitrogens with two attached hydrogens (primary N) is 1. The number of rotatable bonds is 6. The molecule has 0 radical (unpaired) electrons. The maximum Gasteiger partial charge on any atom is 0.283 e. The molecule has 4 N–H and O–H groups in total. The summed E-state index contributed by atoms with van der Waals surface area (Å²) in [5.41, 5.74) is 4.97. The third-order valence-corrected chi connectivity index (χ3v) is 4.52. The van der Waals surface area contributed by atoms with E-state index in [9.17, 15) is 19.7 Å². The number of piperidine rings is 1. The first-order valence-corrected chi connectivity index (χ1v) is 8.17. The summed E-state index contributed by atoms with van der Waals surface area (Å²) in [6, 6.07) is 4.09. The maximum absolute atomic E-state index is 11.9. The Morgan fingerprint density at radius 2 is 2.21 bits per heavy atom. The van der Waals surface area contributed by atoms with Crippen molar-refractivity contribution in [2.45, 2.75) is 23.8 Å². The summed E-state index contributed by atoms with van der Waals surface area (Å²) in [5, 5.41) is 17.2. The Morgan fingerprint density at radius 3 is 2.79 bits per heavy atom. The summed E-state index contributed by atoms with van der Waals surface area (Å²) in [4.78, 5) is 33.9. The second kappa shape index (κ2) is 9.45. The molecule has 0 aromatic heterocycles. The summed E-state index contributed by atoms with van der Waals surface area (Å²) in [6.07, 6.45) is 1.94. The van der Waals surface area contributed by atoms with Crippen LogP contribution in [0.4, 0.5) is 5.69 Å². The molecule has 0 aliphatic carbocycles. The van der Waals surface area contributed by atoms with E-state index in [-0.39, 0.29) is 41.4 Å². The first kappa shape index (κ1) is 20.2. The first-order chi connectivity index (χ1) is 11.0. The standard InChI is InChI=1S/C14H18N4O4S.ClH/c15-14(20)9-3-4-12(11(6-9)18(21)22)23-8-13(19)17-10-2-1-5-16-7-10;/h3-4,6,10,16H,1-2,5,7-8H2,(H2,15,20)(H,17,19);1H. The lowest BCUT2D eigenvalue weighted by molar-refractivity contribution is -0.387. The van der Waals surface area contributed by atoms with Gasteiger partial charge in [-0.05, 0) is 31.5 Å². The molecule has 0 bridgehead atoms. The SMILES string of the molecule is Cl.NC(=O)c1ccc(SCC(=O)NC2CCCNC2)c([N+](=O)[O-])c1. The normalized spacial score (nSPS) is 16.8. The molecule has 1 aliphatic rings. The number of hydrogen-bond acceptors (Lipinski definition) is 6. The van der Waals surface area contributed by atoms with Crippen LogP contribution in [0.5, 0.6) is 0 Å². The van der Waals surface area contributed by atoms with Gasteiger partial charge in [0.15, 0.2) is 0 Å². The van der Waals surface area contributed by atoms with Crippen molar-refractivity contribution in [3.05, 3.63) is 33.9 Å². The molecule has 2 rings (SSSR count). The van der Waals surface area contributed by atoms with Crippen LogP contribution in [0, 0.1) is 10.1 Å². The third kappa shape index (κ3) is 5.66. The number of hydrogen-bond donors (Lipinski definition) is 3. The molecule has 1 saturated heterocycles. The van der Waals surface area contributed by atoms with E-state index < -0.39 is 10.8 Å². The molecule has 0 spiro atoms. The van der Waals surface area contributed by atoms with Gasteiger partial charge < -0.3 is 16.4 Å². The molecular weight excluding hydrogens is 356 g/mol. The van der Waals surface area contributed by atoms with E-state index in [4.69, 9.17) is 5.73 Å². The largest absolute Gasteiger partial charge is 0.366 e. The van der Waals surface area contributed by atoms with E-state index >= 15 is 0 Å². The number of amides is 2. The lowest BCUT2D eigenvalue weighted by Gasteiger charge is -2.23. The van der Waals surface area contributed by atoms with E-state index in [1.54, 1.807) is 0 Å². The summed E-state index contributed by atoms with van der Waals surface area (Å²) in [7, 11) is 0. The van der Waals surface area contributed by atoms with Gasteiger partial charge in [0.25, 0.3) is 5.69 Å². The van der Waals surface area contributed by atoms with Gasteiger partial charge in [-0.3, -0.25) is 19.7 Å². The zero-order chi connectivity index (χ0) is 16.8. The van der Waals surface area contributed by atoms with Crippen molar-refractivity contribution >= 4 is 41.7 Å². The van der Waals surface area contributed by atoms with Crippen LogP contribution in [0.25, 0.3) is 0 Å². The van der Waals surface area contributed by atoms with Crippen molar-refractivity contribution in [1.82, 2.24) is 10.6 Å². The number of nitro groups is 1. The van der Waals surface area contributed by atoms with E-state index in [0.717, 1.165) is 43.8 Å². The molecule has 10 heteroatoms. The molecule has 1 fully saturated rings. The Hall–Kier alpha value is -1.84. The monoisotopic (exact) mass is 374 g/mol. The highest BCUT2D eigenvalue weighted by molar-refractivity contribution is 8.00. The number of primary amides is 1. The predicted octanol–water partition coefficient (Wildman–Crippen LogP) is 1.08. The number of thioether (sulfide) groups is 1. The Bertz CT molecular complexity index is 623. The fourth-order valence-corrected chi connectivity index (χ4v) is 3.14. The number of benzene rings is 1. The van der Waals surface area contributed by atoms with Crippen LogP contribution in [0.2, 0.25) is 0 Å². The van der Waals surface area contributed by atoms with Crippen LogP contribution in [-0.2, 0) is 4.79 Å². The minimum absolute atomic E-state index is 0. The fourth-order valence-electron chi connectivity index (χ4n) is 2.32. The molecule has 1 heterocycles. The smallest absolute Gasteiger partial charge is 0.283 e. The van der Waals surface area contributed by atoms with Crippen molar-refractivity contribution in [3.63, 3.8) is 0 Å². The summed E-state index contributed by atoms with van der Waals surface area (Å²) >= 11 is 1.07. The summed E-state index contributed by atoms with van der Waals surface area (Å²) in [6.45, 7) is 1.70. The fraction of sp³-hybridized carbons (Fsp3) is 0.429. The Kier molecular flexibility index (Phi) is 7.96. The van der Waals surface area contributed by atoms with Gasteiger partial charge in [0.05, 0.1) is 15.6 Å². The highest BCUT2D eigenvalue weighted by Crippen LogP contribution is 2.30.